The van der Waals surface area contributed by atoms with Crippen LogP contribution in [-0.2, 0) is 18.9 Å². The molecular weight excluding hydrogens is 316 g/mol. The quantitative estimate of drug-likeness (QED) is 0.779. The zero-order chi connectivity index (χ0) is 13.4. The molecule has 1 aromatic carbocycles. The van der Waals surface area contributed by atoms with Gasteiger partial charge in [-0.1, -0.05) is 0 Å². The fourth-order valence-electron chi connectivity index (χ4n) is 1.31. The molecule has 0 fully saturated rings. The topological polar surface area (TPSA) is 26.0 Å². The van der Waals surface area contributed by atoms with Gasteiger partial charge in [-0.15, -0.1) is 0 Å². The second-order valence-corrected chi connectivity index (χ2v) is 3.95. The maximum Gasteiger partial charge on any atom is 0.417 e. The smallest absolute Gasteiger partial charge is 0.326 e. The Labute approximate surface area is 101 Å². The predicted molar refractivity (Wildman–Crippen MR) is 52.0 cm³/mol. The van der Waals surface area contributed by atoms with Gasteiger partial charge < -0.3 is 5.73 Å². The highest BCUT2D eigenvalue weighted by atomic mass is 79.9. The SMILES string of the molecule is NCc1c(C(F)(F)F)ccc(C(F)(F)F)c1Br. The van der Waals surface area contributed by atoms with E-state index in [4.69, 9.17) is 5.73 Å². The molecule has 1 nitrogen and oxygen atoms in total. The lowest BCUT2D eigenvalue weighted by atomic mass is 10.0. The van der Waals surface area contributed by atoms with E-state index in [1.54, 1.807) is 0 Å². The van der Waals surface area contributed by atoms with Crippen LogP contribution in [0.25, 0.3) is 0 Å². The van der Waals surface area contributed by atoms with Crippen LogP contribution in [-0.4, -0.2) is 0 Å². The molecule has 1 aromatic rings. The van der Waals surface area contributed by atoms with Gasteiger partial charge in [0.1, 0.15) is 0 Å². The number of halogens is 7. The van der Waals surface area contributed by atoms with Gasteiger partial charge in [-0.2, -0.15) is 26.3 Å². The molecular formula is C9H6BrF6N. The average Bonchev–Trinajstić information content (AvgIpc) is 2.13. The molecule has 0 aliphatic rings. The van der Waals surface area contributed by atoms with Crippen molar-refractivity contribution in [1.82, 2.24) is 0 Å². The molecule has 0 aliphatic carbocycles. The summed E-state index contributed by atoms with van der Waals surface area (Å²) in [6.45, 7) is -0.640. The van der Waals surface area contributed by atoms with E-state index < -0.39 is 40.1 Å². The molecule has 17 heavy (non-hydrogen) atoms. The van der Waals surface area contributed by atoms with Crippen molar-refractivity contribution in [2.45, 2.75) is 18.9 Å². The molecule has 0 unspecified atom stereocenters. The standard InChI is InChI=1S/C9H6BrF6N/c10-7-4(3-17)5(8(11,12)13)1-2-6(7)9(14,15)16/h1-2H,3,17H2. The highest BCUT2D eigenvalue weighted by Crippen LogP contribution is 2.41. The fourth-order valence-corrected chi connectivity index (χ4v) is 2.04. The van der Waals surface area contributed by atoms with E-state index in [1.807, 2.05) is 0 Å². The number of benzene rings is 1. The van der Waals surface area contributed by atoms with Gasteiger partial charge >= 0.3 is 12.4 Å². The predicted octanol–water partition coefficient (Wildman–Crippen LogP) is 3.95. The summed E-state index contributed by atoms with van der Waals surface area (Å²) in [7, 11) is 0. The van der Waals surface area contributed by atoms with Crippen LogP contribution in [0.2, 0.25) is 0 Å². The average molecular weight is 322 g/mol. The third-order valence-corrected chi connectivity index (χ3v) is 2.96. The van der Waals surface area contributed by atoms with E-state index in [-0.39, 0.29) is 0 Å². The van der Waals surface area contributed by atoms with Crippen molar-refractivity contribution in [2.24, 2.45) is 5.73 Å². The van der Waals surface area contributed by atoms with Crippen molar-refractivity contribution in [2.75, 3.05) is 0 Å². The van der Waals surface area contributed by atoms with Gasteiger partial charge in [-0.25, -0.2) is 0 Å². The van der Waals surface area contributed by atoms with Crippen LogP contribution in [0, 0.1) is 0 Å². The lowest BCUT2D eigenvalue weighted by Gasteiger charge is -2.17. The molecule has 0 atom stereocenters. The first-order valence-electron chi connectivity index (χ1n) is 4.25. The Balaban J connectivity index is 3.49. The second-order valence-electron chi connectivity index (χ2n) is 3.15. The molecule has 8 heteroatoms. The number of rotatable bonds is 1. The van der Waals surface area contributed by atoms with Crippen molar-refractivity contribution in [3.05, 3.63) is 33.3 Å². The van der Waals surface area contributed by atoms with Crippen molar-refractivity contribution < 1.29 is 26.3 Å². The number of alkyl halides is 6. The highest BCUT2D eigenvalue weighted by Gasteiger charge is 2.39. The molecule has 0 saturated carbocycles. The number of hydrogen-bond acceptors (Lipinski definition) is 1. The molecule has 0 amide bonds. The molecule has 0 aliphatic heterocycles. The number of hydrogen-bond donors (Lipinski definition) is 1. The first-order chi connectivity index (χ1) is 7.59. The number of nitrogens with two attached hydrogens (primary N) is 1. The Bertz CT molecular complexity index is 423. The van der Waals surface area contributed by atoms with Gasteiger partial charge in [-0.05, 0) is 33.6 Å². The van der Waals surface area contributed by atoms with Gasteiger partial charge in [0.2, 0.25) is 0 Å². The third-order valence-electron chi connectivity index (χ3n) is 2.06. The van der Waals surface area contributed by atoms with Gasteiger partial charge in [0.25, 0.3) is 0 Å². The van der Waals surface area contributed by atoms with Gasteiger partial charge in [-0.3, -0.25) is 0 Å². The van der Waals surface area contributed by atoms with E-state index in [9.17, 15) is 26.3 Å². The Hall–Kier alpha value is -0.760. The summed E-state index contributed by atoms with van der Waals surface area (Å²) in [5, 5.41) is 0. The molecule has 0 bridgehead atoms. The molecule has 2 N–H and O–H groups in total. The summed E-state index contributed by atoms with van der Waals surface area (Å²) >= 11 is 2.52. The van der Waals surface area contributed by atoms with Gasteiger partial charge in [0.05, 0.1) is 11.1 Å². The molecule has 0 aromatic heterocycles. The monoisotopic (exact) mass is 321 g/mol. The van der Waals surface area contributed by atoms with Crippen LogP contribution in [0.3, 0.4) is 0 Å². The Kier molecular flexibility index (Phi) is 3.78. The van der Waals surface area contributed by atoms with Crippen LogP contribution < -0.4 is 5.73 Å². The summed E-state index contributed by atoms with van der Waals surface area (Å²) in [6.07, 6.45) is -9.46. The van der Waals surface area contributed by atoms with Crippen molar-refractivity contribution in [1.29, 1.82) is 0 Å². The third kappa shape index (κ3) is 2.92. The Morgan fingerprint density at radius 3 is 1.71 bits per heavy atom. The molecule has 0 radical (unpaired) electrons. The first-order valence-corrected chi connectivity index (χ1v) is 5.04. The van der Waals surface area contributed by atoms with Crippen molar-refractivity contribution in [3.63, 3.8) is 0 Å². The largest absolute Gasteiger partial charge is 0.417 e. The highest BCUT2D eigenvalue weighted by molar-refractivity contribution is 9.10. The lowest BCUT2D eigenvalue weighted by molar-refractivity contribution is -0.142. The maximum absolute atomic E-state index is 12.5. The minimum atomic E-state index is -4.73. The minimum absolute atomic E-state index is 0.381. The summed E-state index contributed by atoms with van der Waals surface area (Å²) in [6, 6.07) is 0.766. The molecule has 0 saturated heterocycles. The van der Waals surface area contributed by atoms with Crippen molar-refractivity contribution >= 4 is 15.9 Å². The fraction of sp³-hybridized carbons (Fsp3) is 0.333. The van der Waals surface area contributed by atoms with Gasteiger partial charge in [0.15, 0.2) is 0 Å². The van der Waals surface area contributed by atoms with E-state index >= 15 is 0 Å². The summed E-state index contributed by atoms with van der Waals surface area (Å²) in [5.74, 6) is 0. The lowest BCUT2D eigenvalue weighted by Crippen LogP contribution is -2.16. The van der Waals surface area contributed by atoms with Crippen LogP contribution in [0.1, 0.15) is 16.7 Å². The van der Waals surface area contributed by atoms with Crippen LogP contribution in [0.5, 0.6) is 0 Å². The summed E-state index contributed by atoms with van der Waals surface area (Å²) in [5.41, 5.74) is 2.12. The Morgan fingerprint density at radius 2 is 1.35 bits per heavy atom. The second kappa shape index (κ2) is 4.49. The molecule has 1 rings (SSSR count). The van der Waals surface area contributed by atoms with E-state index in [2.05, 4.69) is 15.9 Å². The van der Waals surface area contributed by atoms with Crippen LogP contribution >= 0.6 is 15.9 Å². The van der Waals surface area contributed by atoms with Crippen LogP contribution in [0.4, 0.5) is 26.3 Å². The molecule has 0 spiro atoms. The summed E-state index contributed by atoms with van der Waals surface area (Å²) in [4.78, 5) is 0. The van der Waals surface area contributed by atoms with Gasteiger partial charge in [0, 0.05) is 11.0 Å². The normalized spacial score (nSPS) is 12.9. The first kappa shape index (κ1) is 14.3. The van der Waals surface area contributed by atoms with E-state index in [0.717, 1.165) is 0 Å². The van der Waals surface area contributed by atoms with Crippen LogP contribution in [0.15, 0.2) is 16.6 Å². The molecule has 0 heterocycles. The zero-order valence-electron chi connectivity index (χ0n) is 8.08. The summed E-state index contributed by atoms with van der Waals surface area (Å²) < 4.78 is 74.1. The van der Waals surface area contributed by atoms with E-state index in [0.29, 0.717) is 12.1 Å². The van der Waals surface area contributed by atoms with E-state index in [1.165, 1.54) is 0 Å². The Morgan fingerprint density at radius 1 is 0.941 bits per heavy atom. The maximum atomic E-state index is 12.5. The van der Waals surface area contributed by atoms with Crippen molar-refractivity contribution in [3.8, 4) is 0 Å². The zero-order valence-corrected chi connectivity index (χ0v) is 9.67. The minimum Gasteiger partial charge on any atom is -0.326 e. The molecule has 96 valence electrons.